The molecule has 2 aliphatic rings. The van der Waals surface area contributed by atoms with Crippen LogP contribution in [0.1, 0.15) is 63.9 Å². The topological polar surface area (TPSA) is 43.3 Å². The van der Waals surface area contributed by atoms with Crippen LogP contribution in [0.4, 0.5) is 0 Å². The van der Waals surface area contributed by atoms with Crippen molar-refractivity contribution in [1.29, 1.82) is 0 Å². The van der Waals surface area contributed by atoms with Crippen LogP contribution in [0.15, 0.2) is 175 Å². The molecule has 0 amide bonds. The molecule has 0 fully saturated rings. The molecule has 1 atom stereocenters. The summed E-state index contributed by atoms with van der Waals surface area (Å²) in [6.07, 6.45) is 7.68. The van der Waals surface area contributed by atoms with Crippen LogP contribution < -0.4 is 5.73 Å². The van der Waals surface area contributed by atoms with Gasteiger partial charge in [0.05, 0.1) is 16.6 Å². The van der Waals surface area contributed by atoms with Gasteiger partial charge >= 0.3 is 0 Å². The van der Waals surface area contributed by atoms with Gasteiger partial charge in [-0.3, -0.25) is 4.99 Å². The summed E-state index contributed by atoms with van der Waals surface area (Å²) in [7, 11) is 0. The second kappa shape index (κ2) is 12.6. The number of rotatable bonds is 7. The fourth-order valence-electron chi connectivity index (χ4n) is 8.54. The molecule has 0 saturated heterocycles. The smallest absolute Gasteiger partial charge is 0.115 e. The highest BCUT2D eigenvalue weighted by Crippen LogP contribution is 2.56. The van der Waals surface area contributed by atoms with E-state index in [1.54, 1.807) is 0 Å². The number of aliphatic imine (C=N–C) groups is 1. The van der Waals surface area contributed by atoms with Crippen LogP contribution in [0.25, 0.3) is 33.8 Å². The zero-order valence-electron chi connectivity index (χ0n) is 28.7. The maximum atomic E-state index is 6.67. The third kappa shape index (κ3) is 5.00. The molecule has 1 heterocycles. The summed E-state index contributed by atoms with van der Waals surface area (Å²) in [6.45, 7) is 2.82. The monoisotopic (exact) mass is 657 g/mol. The first kappa shape index (κ1) is 30.8. The summed E-state index contributed by atoms with van der Waals surface area (Å²) in [5, 5.41) is 1.26. The maximum Gasteiger partial charge on any atom is 0.115 e. The molecule has 6 aromatic carbocycles. The second-order valence-electron chi connectivity index (χ2n) is 13.7. The number of allylic oxidation sites excluding steroid dienone is 2. The minimum absolute atomic E-state index is 0.358. The Morgan fingerprint density at radius 3 is 1.96 bits per heavy atom. The minimum atomic E-state index is -0.444. The predicted octanol–water partition coefficient (Wildman–Crippen LogP) is 11.0. The molecule has 2 N–H and O–H groups in total. The zero-order chi connectivity index (χ0) is 34.4. The van der Waals surface area contributed by atoms with Gasteiger partial charge in [-0.2, -0.15) is 0 Å². The standard InChI is InChI=1S/C48H39N3/c1-33-16-15-25-40-41-30-37(48(36-21-9-4-10-22-36)42-26-13-11-23-38(42)39-24-12-14-27-43(39)48)28-29-46(41)51(47(33)40)32-50-45(35-19-7-3-8-20-35)31-44(49)34-17-5-2-6-18-34/h2-15,17-31,33H,16,32,49H2,1H3. The van der Waals surface area contributed by atoms with Crippen molar-refractivity contribution in [2.24, 2.45) is 10.7 Å². The Morgan fingerprint density at radius 2 is 1.29 bits per heavy atom. The average molecular weight is 658 g/mol. The van der Waals surface area contributed by atoms with Crippen molar-refractivity contribution in [3.05, 3.63) is 215 Å². The van der Waals surface area contributed by atoms with E-state index in [1.165, 1.54) is 55.5 Å². The SMILES string of the molecule is CC1CC=Cc2c1n(CN=C(C=C(N)c1ccccc1)c1ccccc1)c1ccc(C3(c4ccccc4)c4ccccc4-c4ccccc43)cc21. The van der Waals surface area contributed by atoms with Gasteiger partial charge in [0, 0.05) is 28.3 Å². The molecule has 0 saturated carbocycles. The van der Waals surface area contributed by atoms with E-state index in [0.29, 0.717) is 18.3 Å². The second-order valence-corrected chi connectivity index (χ2v) is 13.7. The van der Waals surface area contributed by atoms with Crippen molar-refractivity contribution in [2.75, 3.05) is 0 Å². The zero-order valence-corrected chi connectivity index (χ0v) is 28.7. The normalized spacial score (nSPS) is 16.1. The number of benzene rings is 6. The lowest BCUT2D eigenvalue weighted by Crippen LogP contribution is -2.28. The van der Waals surface area contributed by atoms with E-state index in [-0.39, 0.29) is 0 Å². The molecule has 1 aromatic heterocycles. The highest BCUT2D eigenvalue weighted by molar-refractivity contribution is 6.12. The minimum Gasteiger partial charge on any atom is -0.398 e. The third-order valence-corrected chi connectivity index (χ3v) is 10.8. The Kier molecular flexibility index (Phi) is 7.62. The first-order valence-corrected chi connectivity index (χ1v) is 17.8. The van der Waals surface area contributed by atoms with Crippen LogP contribution in [-0.4, -0.2) is 10.3 Å². The summed E-state index contributed by atoms with van der Waals surface area (Å²) in [6, 6.07) is 56.6. The molecule has 0 radical (unpaired) electrons. The van der Waals surface area contributed by atoms with Gasteiger partial charge in [-0.05, 0) is 69.1 Å². The molecule has 51 heavy (non-hydrogen) atoms. The van der Waals surface area contributed by atoms with Crippen molar-refractivity contribution in [3.63, 3.8) is 0 Å². The highest BCUT2D eigenvalue weighted by atomic mass is 15.1. The van der Waals surface area contributed by atoms with E-state index in [9.17, 15) is 0 Å². The summed E-state index contributed by atoms with van der Waals surface area (Å²) < 4.78 is 2.43. The Labute approximate surface area is 299 Å². The molecule has 3 heteroatoms. The van der Waals surface area contributed by atoms with Crippen LogP contribution >= 0.6 is 0 Å². The van der Waals surface area contributed by atoms with E-state index in [0.717, 1.165) is 23.3 Å². The molecule has 0 spiro atoms. The molecule has 246 valence electrons. The van der Waals surface area contributed by atoms with E-state index < -0.39 is 5.41 Å². The lowest BCUT2D eigenvalue weighted by Gasteiger charge is -2.34. The molecular weight excluding hydrogens is 619 g/mol. The number of fused-ring (bicyclic) bond motifs is 6. The van der Waals surface area contributed by atoms with Crippen molar-refractivity contribution in [3.8, 4) is 11.1 Å². The number of aromatic nitrogens is 1. The molecular formula is C48H39N3. The van der Waals surface area contributed by atoms with Gasteiger partial charge in [-0.15, -0.1) is 0 Å². The van der Waals surface area contributed by atoms with Gasteiger partial charge in [0.2, 0.25) is 0 Å². The number of hydrogen-bond donors (Lipinski definition) is 1. The van der Waals surface area contributed by atoms with Crippen LogP contribution in [0, 0.1) is 0 Å². The lowest BCUT2D eigenvalue weighted by molar-refractivity contribution is 0.644. The van der Waals surface area contributed by atoms with Gasteiger partial charge in [0.1, 0.15) is 6.67 Å². The molecule has 0 aliphatic heterocycles. The molecule has 7 aromatic rings. The summed E-state index contributed by atoms with van der Waals surface area (Å²) in [5.74, 6) is 0.358. The largest absolute Gasteiger partial charge is 0.398 e. The Bertz CT molecular complexity index is 2440. The molecule has 3 nitrogen and oxygen atoms in total. The van der Waals surface area contributed by atoms with E-state index >= 15 is 0 Å². The average Bonchev–Trinajstić information content (AvgIpc) is 3.68. The fraction of sp³-hybridized carbons (Fsp3) is 0.104. The lowest BCUT2D eigenvalue weighted by atomic mass is 9.67. The number of hydrogen-bond acceptors (Lipinski definition) is 2. The molecule has 9 rings (SSSR count). The predicted molar refractivity (Wildman–Crippen MR) is 213 cm³/mol. The van der Waals surface area contributed by atoms with Gasteiger partial charge in [-0.25, -0.2) is 0 Å². The Balaban J connectivity index is 1.25. The quantitative estimate of drug-likeness (QED) is 0.170. The van der Waals surface area contributed by atoms with Gasteiger partial charge in [-0.1, -0.05) is 165 Å². The van der Waals surface area contributed by atoms with Crippen molar-refractivity contribution in [2.45, 2.75) is 31.3 Å². The Morgan fingerprint density at radius 1 is 0.706 bits per heavy atom. The third-order valence-electron chi connectivity index (χ3n) is 10.8. The molecule has 2 aliphatic carbocycles. The summed E-state index contributed by atoms with van der Waals surface area (Å²) in [4.78, 5) is 5.31. The van der Waals surface area contributed by atoms with Gasteiger partial charge in [0.25, 0.3) is 0 Å². The maximum absolute atomic E-state index is 6.67. The van der Waals surface area contributed by atoms with Crippen molar-refractivity contribution < 1.29 is 0 Å². The summed E-state index contributed by atoms with van der Waals surface area (Å²) in [5.41, 5.74) is 21.5. The Hall–Kier alpha value is -6.19. The first-order chi connectivity index (χ1) is 25.1. The van der Waals surface area contributed by atoms with Crippen LogP contribution in [-0.2, 0) is 12.1 Å². The van der Waals surface area contributed by atoms with E-state index in [4.69, 9.17) is 10.7 Å². The number of nitrogens with two attached hydrogens (primary N) is 1. The molecule has 1 unspecified atom stereocenters. The highest BCUT2D eigenvalue weighted by Gasteiger charge is 2.46. The van der Waals surface area contributed by atoms with E-state index in [1.807, 2.05) is 42.5 Å². The van der Waals surface area contributed by atoms with Gasteiger partial charge in [0.15, 0.2) is 0 Å². The van der Waals surface area contributed by atoms with Gasteiger partial charge < -0.3 is 10.3 Å². The fourth-order valence-corrected chi connectivity index (χ4v) is 8.54. The van der Waals surface area contributed by atoms with Crippen LogP contribution in [0.5, 0.6) is 0 Å². The first-order valence-electron chi connectivity index (χ1n) is 17.8. The van der Waals surface area contributed by atoms with Crippen LogP contribution in [0.3, 0.4) is 0 Å². The molecule has 0 bridgehead atoms. The van der Waals surface area contributed by atoms with Crippen molar-refractivity contribution in [1.82, 2.24) is 4.57 Å². The van der Waals surface area contributed by atoms with Crippen LogP contribution in [0.2, 0.25) is 0 Å². The summed E-state index contributed by atoms with van der Waals surface area (Å²) >= 11 is 0. The van der Waals surface area contributed by atoms with Crippen molar-refractivity contribution >= 4 is 28.4 Å². The van der Waals surface area contributed by atoms with E-state index in [2.05, 4.69) is 145 Å². The number of nitrogens with zero attached hydrogens (tertiary/aromatic N) is 2.